The van der Waals surface area contributed by atoms with Crippen molar-refractivity contribution in [3.63, 3.8) is 0 Å². The maximum atomic E-state index is 13.6. The molecule has 2 aliphatic rings. The van der Waals surface area contributed by atoms with Crippen LogP contribution in [0, 0.1) is 11.8 Å². The quantitative estimate of drug-likeness (QED) is 0.496. The number of hydrogen-bond acceptors (Lipinski definition) is 7. The number of anilines is 1. The van der Waals surface area contributed by atoms with Crippen molar-refractivity contribution in [2.75, 3.05) is 38.0 Å². The highest BCUT2D eigenvalue weighted by Gasteiger charge is 2.35. The largest absolute Gasteiger partial charge is 0.486 e. The van der Waals surface area contributed by atoms with Crippen LogP contribution in [0.2, 0.25) is 0 Å². The minimum Gasteiger partial charge on any atom is -0.486 e. The van der Waals surface area contributed by atoms with Gasteiger partial charge >= 0.3 is 0 Å². The number of aliphatic hydroxyl groups excluding tert-OH is 1. The number of amides is 1. The van der Waals surface area contributed by atoms with Gasteiger partial charge in [0, 0.05) is 38.8 Å². The van der Waals surface area contributed by atoms with E-state index in [4.69, 9.17) is 4.74 Å². The number of ether oxygens (including phenoxy) is 1. The fraction of sp³-hybridized carbons (Fsp3) is 0.630. The van der Waals surface area contributed by atoms with Gasteiger partial charge in [0.15, 0.2) is 10.8 Å². The van der Waals surface area contributed by atoms with Gasteiger partial charge in [0.05, 0.1) is 30.2 Å². The van der Waals surface area contributed by atoms with Gasteiger partial charge in [-0.15, -0.1) is 0 Å². The monoisotopic (exact) mass is 547 g/mol. The van der Waals surface area contributed by atoms with Gasteiger partial charge in [0.25, 0.3) is 15.9 Å². The molecule has 1 fully saturated rings. The highest BCUT2D eigenvalue weighted by Crippen LogP contribution is 2.36. The molecule has 1 aliphatic heterocycles. The molecule has 4 rings (SSSR count). The van der Waals surface area contributed by atoms with E-state index in [9.17, 15) is 18.3 Å². The summed E-state index contributed by atoms with van der Waals surface area (Å²) in [5.41, 5.74) is 0.450. The third-order valence-electron chi connectivity index (χ3n) is 7.68. The first-order valence-electron chi connectivity index (χ1n) is 13.5. The third-order valence-corrected chi connectivity index (χ3v) is 8.93. The van der Waals surface area contributed by atoms with Crippen molar-refractivity contribution in [2.45, 2.75) is 63.1 Å². The number of carbonyl (C=O) groups is 1. The zero-order chi connectivity index (χ0) is 27.4. The number of para-hydroxylation sites is 1. The predicted octanol–water partition coefficient (Wildman–Crippen LogP) is 2.95. The molecule has 0 bridgehead atoms. The maximum absolute atomic E-state index is 13.6. The Morgan fingerprint density at radius 1 is 1.24 bits per heavy atom. The first-order chi connectivity index (χ1) is 18.1. The molecule has 1 amide bonds. The Morgan fingerprint density at radius 2 is 1.97 bits per heavy atom. The number of likely N-dealkylation sites (N-methyl/N-ethyl adjacent to an activating group) is 1. The van der Waals surface area contributed by atoms with Crippen LogP contribution in [0.5, 0.6) is 5.75 Å². The highest BCUT2D eigenvalue weighted by atomic mass is 32.2. The number of fused-ring (bicyclic) bond motifs is 1. The fourth-order valence-corrected chi connectivity index (χ4v) is 6.50. The number of carbonyl (C=O) groups excluding carboxylic acids is 1. The molecule has 0 unspecified atom stereocenters. The number of aryl methyl sites for hydroxylation is 1. The fourth-order valence-electron chi connectivity index (χ4n) is 5.46. The highest BCUT2D eigenvalue weighted by molar-refractivity contribution is 7.92. The van der Waals surface area contributed by atoms with E-state index >= 15 is 0 Å². The van der Waals surface area contributed by atoms with Crippen LogP contribution in [0.15, 0.2) is 35.7 Å². The Kier molecular flexibility index (Phi) is 9.00. The van der Waals surface area contributed by atoms with E-state index in [-0.39, 0.29) is 46.6 Å². The van der Waals surface area contributed by atoms with Crippen LogP contribution in [0.25, 0.3) is 0 Å². The van der Waals surface area contributed by atoms with E-state index in [2.05, 4.69) is 21.7 Å². The van der Waals surface area contributed by atoms with Crippen molar-refractivity contribution >= 4 is 21.6 Å². The number of sulfonamides is 1. The smallest absolute Gasteiger partial charge is 0.281 e. The van der Waals surface area contributed by atoms with Gasteiger partial charge in [0.2, 0.25) is 0 Å². The summed E-state index contributed by atoms with van der Waals surface area (Å²) in [4.78, 5) is 21.6. The Labute approximate surface area is 226 Å². The summed E-state index contributed by atoms with van der Waals surface area (Å²) in [6.07, 6.45) is 8.87. The number of nitrogens with zero attached hydrogens (tertiary/aromatic N) is 4. The lowest BCUT2D eigenvalue weighted by molar-refractivity contribution is 0.0333. The summed E-state index contributed by atoms with van der Waals surface area (Å²) in [7, 11) is -0.220. The minimum atomic E-state index is -4.01. The molecule has 11 heteroatoms. The molecule has 10 nitrogen and oxygen atoms in total. The van der Waals surface area contributed by atoms with Crippen molar-refractivity contribution in [1.29, 1.82) is 0 Å². The lowest BCUT2D eigenvalue weighted by Gasteiger charge is -2.39. The summed E-state index contributed by atoms with van der Waals surface area (Å²) in [6.45, 7) is 5.70. The summed E-state index contributed by atoms with van der Waals surface area (Å²) in [5, 5.41) is 9.77. The van der Waals surface area contributed by atoms with Gasteiger partial charge < -0.3 is 24.2 Å². The molecule has 1 aliphatic carbocycles. The number of benzene rings is 1. The average Bonchev–Trinajstić information content (AvgIpc) is 3.34. The summed E-state index contributed by atoms with van der Waals surface area (Å²) in [6, 6.07) is 4.48. The Bertz CT molecular complexity index is 1210. The van der Waals surface area contributed by atoms with Gasteiger partial charge in [-0.25, -0.2) is 4.98 Å². The third kappa shape index (κ3) is 6.50. The molecule has 2 aromatic rings. The van der Waals surface area contributed by atoms with Crippen molar-refractivity contribution in [3.05, 3.63) is 36.3 Å². The molecule has 1 aromatic carbocycles. The van der Waals surface area contributed by atoms with Crippen LogP contribution in [-0.2, 0) is 17.1 Å². The SMILES string of the molecule is C[C@H]1CN([C@@H](C)CO)C(=O)c2cccc(NS(=O)(=O)c3cn(C)cn3)c2O[C@@H]1CN(C)CC1CCCCC1. The van der Waals surface area contributed by atoms with Crippen LogP contribution in [0.3, 0.4) is 0 Å². The second-order valence-electron chi connectivity index (χ2n) is 11.0. The summed E-state index contributed by atoms with van der Waals surface area (Å²) < 4.78 is 36.9. The maximum Gasteiger partial charge on any atom is 0.281 e. The molecule has 1 saturated carbocycles. The van der Waals surface area contributed by atoms with Gasteiger partial charge in [-0.1, -0.05) is 32.3 Å². The molecule has 2 N–H and O–H groups in total. The number of rotatable bonds is 9. The lowest BCUT2D eigenvalue weighted by atomic mass is 9.89. The number of nitrogens with one attached hydrogen (secondary N) is 1. The molecule has 210 valence electrons. The van der Waals surface area contributed by atoms with Gasteiger partial charge in [-0.05, 0) is 44.9 Å². The number of aliphatic hydroxyl groups is 1. The number of imidazole rings is 1. The molecule has 0 radical (unpaired) electrons. The van der Waals surface area contributed by atoms with Crippen LogP contribution in [0.4, 0.5) is 5.69 Å². The van der Waals surface area contributed by atoms with Gasteiger partial charge in [-0.3, -0.25) is 9.52 Å². The first-order valence-corrected chi connectivity index (χ1v) is 15.0. The molecule has 1 aromatic heterocycles. The van der Waals surface area contributed by atoms with Crippen molar-refractivity contribution < 1.29 is 23.1 Å². The van der Waals surface area contributed by atoms with Crippen LogP contribution in [0.1, 0.15) is 56.3 Å². The van der Waals surface area contributed by atoms with E-state index in [1.54, 1.807) is 34.7 Å². The van der Waals surface area contributed by atoms with E-state index < -0.39 is 16.1 Å². The Balaban J connectivity index is 1.67. The van der Waals surface area contributed by atoms with Crippen LogP contribution < -0.4 is 9.46 Å². The first kappa shape index (κ1) is 28.4. The summed E-state index contributed by atoms with van der Waals surface area (Å²) >= 11 is 0. The van der Waals surface area contributed by atoms with Crippen LogP contribution >= 0.6 is 0 Å². The van der Waals surface area contributed by atoms with Crippen LogP contribution in [-0.4, -0.2) is 84.2 Å². The zero-order valence-electron chi connectivity index (χ0n) is 22.8. The molecule has 0 saturated heterocycles. The van der Waals surface area contributed by atoms with Gasteiger partial charge in [0.1, 0.15) is 6.10 Å². The van der Waals surface area contributed by atoms with Crippen molar-refractivity contribution in [3.8, 4) is 5.75 Å². The van der Waals surface area contributed by atoms with E-state index in [0.29, 0.717) is 19.0 Å². The molecule has 38 heavy (non-hydrogen) atoms. The van der Waals surface area contributed by atoms with Gasteiger partial charge in [-0.2, -0.15) is 8.42 Å². The average molecular weight is 548 g/mol. The van der Waals surface area contributed by atoms with E-state index in [1.165, 1.54) is 44.6 Å². The number of hydrogen-bond donors (Lipinski definition) is 2. The molecular weight excluding hydrogens is 506 g/mol. The Morgan fingerprint density at radius 3 is 2.63 bits per heavy atom. The van der Waals surface area contributed by atoms with E-state index in [1.807, 2.05) is 13.8 Å². The second-order valence-corrected chi connectivity index (χ2v) is 12.6. The molecule has 2 heterocycles. The standard InChI is InChI=1S/C27H41N5O5S/c1-19-13-32(20(2)17-33)27(34)22-11-8-12-23(29-38(35,36)25-16-31(4)18-28-25)26(22)37-24(19)15-30(3)14-21-9-6-5-7-10-21/h8,11-12,16,18-21,24,29,33H,5-7,9-10,13-15,17H2,1-4H3/t19-,20-,24+/m0/s1. The lowest BCUT2D eigenvalue weighted by Crippen LogP contribution is -2.50. The topological polar surface area (TPSA) is 117 Å². The minimum absolute atomic E-state index is 0.0599. The normalized spacial score (nSPS) is 21.9. The second kappa shape index (κ2) is 12.0. The van der Waals surface area contributed by atoms with Crippen molar-refractivity contribution in [2.24, 2.45) is 18.9 Å². The Hall–Kier alpha value is -2.63. The molecule has 3 atom stereocenters. The van der Waals surface area contributed by atoms with E-state index in [0.717, 1.165) is 6.54 Å². The molecular formula is C27H41N5O5S. The summed E-state index contributed by atoms with van der Waals surface area (Å²) in [5.74, 6) is 0.504. The van der Waals surface area contributed by atoms with Crippen molar-refractivity contribution in [1.82, 2.24) is 19.4 Å². The number of aromatic nitrogens is 2. The predicted molar refractivity (Wildman–Crippen MR) is 146 cm³/mol. The molecule has 0 spiro atoms. The zero-order valence-corrected chi connectivity index (χ0v) is 23.7.